The summed E-state index contributed by atoms with van der Waals surface area (Å²) >= 11 is 3.33. The van der Waals surface area contributed by atoms with Gasteiger partial charge in [-0.1, -0.05) is 43.1 Å². The van der Waals surface area contributed by atoms with Crippen molar-refractivity contribution in [3.05, 3.63) is 28.7 Å². The van der Waals surface area contributed by atoms with Crippen molar-refractivity contribution in [1.82, 2.24) is 0 Å². The first kappa shape index (κ1) is 18.7. The summed E-state index contributed by atoms with van der Waals surface area (Å²) in [4.78, 5) is 24.1. The molecule has 0 aliphatic rings. The van der Waals surface area contributed by atoms with Gasteiger partial charge in [-0.15, -0.1) is 0 Å². The van der Waals surface area contributed by atoms with E-state index in [1.54, 1.807) is 12.1 Å². The van der Waals surface area contributed by atoms with Crippen LogP contribution >= 0.6 is 15.9 Å². The maximum absolute atomic E-state index is 12.2. The number of nitrogens with one attached hydrogen (secondary N) is 1. The molecule has 1 atom stereocenters. The zero-order valence-corrected chi connectivity index (χ0v) is 15.0. The van der Waals surface area contributed by atoms with E-state index in [2.05, 4.69) is 21.2 Å². The van der Waals surface area contributed by atoms with Gasteiger partial charge in [-0.2, -0.15) is 0 Å². The fourth-order valence-corrected chi connectivity index (χ4v) is 2.26. The maximum Gasteiger partial charge on any atom is 0.412 e. The van der Waals surface area contributed by atoms with Gasteiger partial charge in [-0.3, -0.25) is 10.1 Å². The lowest BCUT2D eigenvalue weighted by atomic mass is 10.00. The molecule has 4 nitrogen and oxygen atoms in total. The van der Waals surface area contributed by atoms with Gasteiger partial charge >= 0.3 is 6.09 Å². The molecule has 0 radical (unpaired) electrons. The van der Waals surface area contributed by atoms with Gasteiger partial charge in [0.25, 0.3) is 0 Å². The lowest BCUT2D eigenvalue weighted by Gasteiger charge is -2.19. The van der Waals surface area contributed by atoms with E-state index in [-0.39, 0.29) is 11.7 Å². The highest BCUT2D eigenvalue weighted by molar-refractivity contribution is 9.10. The maximum atomic E-state index is 12.2. The third kappa shape index (κ3) is 7.07. The first-order valence-corrected chi connectivity index (χ1v) is 8.47. The van der Waals surface area contributed by atoms with Crippen LogP contribution in [0.4, 0.5) is 10.5 Å². The van der Waals surface area contributed by atoms with Crippen LogP contribution in [0.3, 0.4) is 0 Å². The average Bonchev–Trinajstić information content (AvgIpc) is 2.46. The molecule has 1 aromatic carbocycles. The van der Waals surface area contributed by atoms with E-state index >= 15 is 0 Å². The summed E-state index contributed by atoms with van der Waals surface area (Å²) in [7, 11) is 0. The van der Waals surface area contributed by atoms with Gasteiger partial charge in [0.15, 0.2) is 11.9 Å². The first-order valence-electron chi connectivity index (χ1n) is 7.68. The average molecular weight is 370 g/mol. The summed E-state index contributed by atoms with van der Waals surface area (Å²) < 4.78 is 6.27. The normalized spacial score (nSPS) is 12.0. The minimum atomic E-state index is -0.665. The summed E-state index contributed by atoms with van der Waals surface area (Å²) in [5, 5.41) is 2.65. The van der Waals surface area contributed by atoms with Gasteiger partial charge in [-0.05, 0) is 43.0 Å². The van der Waals surface area contributed by atoms with Crippen LogP contribution in [0.2, 0.25) is 0 Å². The largest absolute Gasteiger partial charge is 0.438 e. The number of anilines is 1. The van der Waals surface area contributed by atoms with Gasteiger partial charge in [0.1, 0.15) is 0 Å². The lowest BCUT2D eigenvalue weighted by molar-refractivity contribution is -0.128. The Bertz CT molecular complexity index is 485. The Hall–Kier alpha value is -1.36. The number of unbranched alkanes of at least 4 members (excludes halogenated alkanes) is 1. The summed E-state index contributed by atoms with van der Waals surface area (Å²) in [6.45, 7) is 6.05. The molecule has 0 spiro atoms. The van der Waals surface area contributed by atoms with Gasteiger partial charge < -0.3 is 4.74 Å². The lowest BCUT2D eigenvalue weighted by Crippen LogP contribution is -2.30. The second kappa shape index (κ2) is 9.62. The molecule has 0 saturated carbocycles. The summed E-state index contributed by atoms with van der Waals surface area (Å²) in [5.41, 5.74) is 0.637. The van der Waals surface area contributed by atoms with E-state index in [9.17, 15) is 9.59 Å². The zero-order chi connectivity index (χ0) is 16.5. The molecule has 1 rings (SSSR count). The molecule has 22 heavy (non-hydrogen) atoms. The Morgan fingerprint density at radius 1 is 1.23 bits per heavy atom. The third-order valence-electron chi connectivity index (χ3n) is 3.16. The number of carbonyl (C=O) groups is 2. The first-order chi connectivity index (χ1) is 10.4. The van der Waals surface area contributed by atoms with Crippen LogP contribution in [-0.4, -0.2) is 18.0 Å². The molecule has 0 aliphatic carbocycles. The smallest absolute Gasteiger partial charge is 0.412 e. The highest BCUT2D eigenvalue weighted by Crippen LogP contribution is 2.16. The zero-order valence-electron chi connectivity index (χ0n) is 13.4. The molecule has 122 valence electrons. The van der Waals surface area contributed by atoms with Crippen molar-refractivity contribution in [3.8, 4) is 0 Å². The Morgan fingerprint density at radius 2 is 1.86 bits per heavy atom. The van der Waals surface area contributed by atoms with E-state index in [0.29, 0.717) is 18.5 Å². The van der Waals surface area contributed by atoms with E-state index in [1.165, 1.54) is 0 Å². The fraction of sp³-hybridized carbons (Fsp3) is 0.529. The number of Topliss-reactive ketones (excluding diaryl/α,β-unsaturated/α-hetero) is 1. The molecule has 1 N–H and O–H groups in total. The number of hydrogen-bond donors (Lipinski definition) is 1. The quantitative estimate of drug-likeness (QED) is 0.687. The van der Waals surface area contributed by atoms with Crippen LogP contribution in [0.15, 0.2) is 28.7 Å². The van der Waals surface area contributed by atoms with Crippen molar-refractivity contribution < 1.29 is 14.3 Å². The van der Waals surface area contributed by atoms with Crippen molar-refractivity contribution in [2.75, 3.05) is 5.32 Å². The monoisotopic (exact) mass is 369 g/mol. The number of halogens is 1. The molecule has 0 heterocycles. The van der Waals surface area contributed by atoms with Gasteiger partial charge in [-0.25, -0.2) is 4.79 Å². The summed E-state index contributed by atoms with van der Waals surface area (Å²) in [6.07, 6.45) is 1.53. The summed E-state index contributed by atoms with van der Waals surface area (Å²) in [6, 6.07) is 7.19. The predicted molar refractivity (Wildman–Crippen MR) is 92.0 cm³/mol. The van der Waals surface area contributed by atoms with Crippen molar-refractivity contribution in [3.63, 3.8) is 0 Å². The third-order valence-corrected chi connectivity index (χ3v) is 3.69. The highest BCUT2D eigenvalue weighted by Gasteiger charge is 2.23. The van der Waals surface area contributed by atoms with E-state index in [4.69, 9.17) is 4.74 Å². The van der Waals surface area contributed by atoms with Gasteiger partial charge in [0.2, 0.25) is 0 Å². The highest BCUT2D eigenvalue weighted by atomic mass is 79.9. The molecule has 0 saturated heterocycles. The van der Waals surface area contributed by atoms with Crippen molar-refractivity contribution in [2.24, 2.45) is 5.92 Å². The van der Waals surface area contributed by atoms with Crippen molar-refractivity contribution in [2.45, 2.75) is 52.6 Å². The number of ketones is 1. The summed E-state index contributed by atoms with van der Waals surface area (Å²) in [5.74, 6) is 0.289. The molecule has 1 amide bonds. The van der Waals surface area contributed by atoms with Crippen LogP contribution in [0.25, 0.3) is 0 Å². The Morgan fingerprint density at radius 3 is 2.41 bits per heavy atom. The number of hydrogen-bond acceptors (Lipinski definition) is 3. The van der Waals surface area contributed by atoms with E-state index < -0.39 is 12.2 Å². The SMILES string of the molecule is CCCCC(=O)[C@H](CC(C)C)OC(=O)Nc1ccc(Br)cc1. The predicted octanol–water partition coefficient (Wildman–Crippen LogP) is 5.17. The molecule has 1 aromatic rings. The van der Waals surface area contributed by atoms with E-state index in [1.807, 2.05) is 32.9 Å². The van der Waals surface area contributed by atoms with Crippen LogP contribution in [0.1, 0.15) is 46.5 Å². The standard InChI is InChI=1S/C17H24BrNO3/c1-4-5-6-15(20)16(11-12(2)3)22-17(21)19-14-9-7-13(18)8-10-14/h7-10,12,16H,4-6,11H2,1-3H3,(H,19,21)/t16-/m0/s1. The van der Waals surface area contributed by atoms with Crippen LogP contribution < -0.4 is 5.32 Å². The van der Waals surface area contributed by atoms with Crippen LogP contribution in [0.5, 0.6) is 0 Å². The Labute approximate surface area is 140 Å². The number of rotatable bonds is 8. The van der Waals surface area contributed by atoms with Crippen molar-refractivity contribution >= 4 is 33.5 Å². The minimum Gasteiger partial charge on any atom is -0.438 e. The van der Waals surface area contributed by atoms with Crippen LogP contribution in [0, 0.1) is 5.92 Å². The Kier molecular flexibility index (Phi) is 8.17. The number of ether oxygens (including phenoxy) is 1. The topological polar surface area (TPSA) is 55.4 Å². The molecule has 0 aliphatic heterocycles. The number of benzene rings is 1. The number of carbonyl (C=O) groups excluding carboxylic acids is 2. The van der Waals surface area contributed by atoms with Gasteiger partial charge in [0, 0.05) is 16.6 Å². The Balaban J connectivity index is 2.61. The number of amides is 1. The molecule has 0 bridgehead atoms. The molecular weight excluding hydrogens is 346 g/mol. The van der Waals surface area contributed by atoms with Crippen LogP contribution in [-0.2, 0) is 9.53 Å². The second-order valence-corrected chi connectivity index (χ2v) is 6.64. The molecule has 0 unspecified atom stereocenters. The molecule has 0 fully saturated rings. The molecule has 5 heteroatoms. The fourth-order valence-electron chi connectivity index (χ4n) is 2.00. The minimum absolute atomic E-state index is 0.00139. The van der Waals surface area contributed by atoms with Crippen molar-refractivity contribution in [1.29, 1.82) is 0 Å². The molecule has 0 aromatic heterocycles. The van der Waals surface area contributed by atoms with E-state index in [0.717, 1.165) is 17.3 Å². The second-order valence-electron chi connectivity index (χ2n) is 5.73. The van der Waals surface area contributed by atoms with Gasteiger partial charge in [0.05, 0.1) is 0 Å². The molecular formula is C17H24BrNO3.